The van der Waals surface area contributed by atoms with E-state index in [-0.39, 0.29) is 43.4 Å². The second kappa shape index (κ2) is 12.2. The first-order valence-electron chi connectivity index (χ1n) is 11.3. The summed E-state index contributed by atoms with van der Waals surface area (Å²) in [7, 11) is 0. The van der Waals surface area contributed by atoms with Gasteiger partial charge in [-0.3, -0.25) is 9.78 Å². The Bertz CT molecular complexity index is 1180. The van der Waals surface area contributed by atoms with Crippen molar-refractivity contribution in [3.8, 4) is 23.0 Å². The van der Waals surface area contributed by atoms with Crippen LogP contribution < -0.4 is 29.6 Å². The van der Waals surface area contributed by atoms with E-state index in [4.69, 9.17) is 18.9 Å². The minimum absolute atomic E-state index is 0. The number of carbonyl (C=O) groups excluding carboxylic acids is 1. The maximum Gasteiger partial charge on any atom is 0.262 e. The van der Waals surface area contributed by atoms with Gasteiger partial charge < -0.3 is 29.6 Å². The monoisotopic (exact) mass is 521 g/mol. The Morgan fingerprint density at radius 3 is 2.83 bits per heavy atom. The fourth-order valence-electron chi connectivity index (χ4n) is 3.94. The number of hydrogen-bond acceptors (Lipinski definition) is 7. The number of pyridine rings is 1. The topological polar surface area (TPSA) is 90.9 Å². The van der Waals surface area contributed by atoms with Crippen LogP contribution in [0.3, 0.4) is 0 Å². The second-order valence-electron chi connectivity index (χ2n) is 8.22. The lowest BCUT2D eigenvalue weighted by Crippen LogP contribution is -2.38. The first kappa shape index (κ1) is 26.7. The summed E-state index contributed by atoms with van der Waals surface area (Å²) < 4.78 is 23.3. The molecule has 0 saturated heterocycles. The number of nitrogens with one attached hydrogen (secondary N) is 2. The summed E-state index contributed by atoms with van der Waals surface area (Å²) in [5.74, 6) is 2.78. The molecule has 1 atom stereocenters. The standard InChI is InChI=1S/C25H27N3O5.2ClH/c1-16-4-6-19-20(27-16)7-9-23-25(19)33-18(14-31-23)13-26-10-2-3-11-30-17-5-8-22-21(12-17)28-24(29)15-32-22;;/h4-9,12,18,26H,2-3,10-11,13-15H2,1H3,(H,28,29);2*1H/t18-;;/m0../s1. The highest BCUT2D eigenvalue weighted by Crippen LogP contribution is 2.38. The van der Waals surface area contributed by atoms with E-state index in [2.05, 4.69) is 15.6 Å². The number of anilines is 1. The number of aryl methyl sites for hydroxylation is 1. The number of ether oxygens (including phenoxy) is 4. The lowest BCUT2D eigenvalue weighted by Gasteiger charge is -2.27. The Hall–Kier alpha value is -2.94. The molecule has 1 amide bonds. The van der Waals surface area contributed by atoms with Gasteiger partial charge >= 0.3 is 0 Å². The maximum absolute atomic E-state index is 11.4. The predicted molar refractivity (Wildman–Crippen MR) is 139 cm³/mol. The number of aromatic nitrogens is 1. The fourth-order valence-corrected chi connectivity index (χ4v) is 3.94. The van der Waals surface area contributed by atoms with Crippen LogP contribution in [-0.2, 0) is 4.79 Å². The van der Waals surface area contributed by atoms with E-state index in [1.807, 2.05) is 43.3 Å². The van der Waals surface area contributed by atoms with E-state index in [0.717, 1.165) is 53.2 Å². The molecule has 5 rings (SSSR count). The van der Waals surface area contributed by atoms with Gasteiger partial charge in [0.15, 0.2) is 18.1 Å². The normalized spacial score (nSPS) is 15.7. The van der Waals surface area contributed by atoms with Gasteiger partial charge in [-0.15, -0.1) is 24.8 Å². The summed E-state index contributed by atoms with van der Waals surface area (Å²) in [4.78, 5) is 16.0. The molecule has 35 heavy (non-hydrogen) atoms. The summed E-state index contributed by atoms with van der Waals surface area (Å²) >= 11 is 0. The minimum atomic E-state index is -0.151. The zero-order valence-electron chi connectivity index (χ0n) is 19.4. The smallest absolute Gasteiger partial charge is 0.262 e. The molecular weight excluding hydrogens is 493 g/mol. The number of halogens is 2. The van der Waals surface area contributed by atoms with Crippen molar-refractivity contribution in [2.45, 2.75) is 25.9 Å². The molecule has 8 nitrogen and oxygen atoms in total. The van der Waals surface area contributed by atoms with Gasteiger partial charge in [0.25, 0.3) is 5.91 Å². The Labute approximate surface area is 216 Å². The summed E-state index contributed by atoms with van der Waals surface area (Å²) in [6.45, 7) is 4.73. The molecule has 2 aliphatic rings. The van der Waals surface area contributed by atoms with Gasteiger partial charge in [0.05, 0.1) is 17.8 Å². The number of unbranched alkanes of at least 4 members (excludes halogenated alkanes) is 1. The average Bonchev–Trinajstić information content (AvgIpc) is 2.82. The van der Waals surface area contributed by atoms with E-state index in [1.54, 1.807) is 6.07 Å². The lowest BCUT2D eigenvalue weighted by atomic mass is 10.1. The van der Waals surface area contributed by atoms with Crippen LogP contribution in [0.25, 0.3) is 10.9 Å². The summed E-state index contributed by atoms with van der Waals surface area (Å²) in [6, 6.07) is 13.4. The average molecular weight is 522 g/mol. The SMILES string of the molecule is Cc1ccc2c3c(ccc2n1)OC[C@H](CNCCCCOc1ccc2c(c1)NC(=O)CO2)O3.Cl.Cl. The second-order valence-corrected chi connectivity index (χ2v) is 8.22. The van der Waals surface area contributed by atoms with Gasteiger partial charge in [-0.2, -0.15) is 0 Å². The third kappa shape index (κ3) is 6.39. The van der Waals surface area contributed by atoms with E-state index in [1.165, 1.54) is 0 Å². The van der Waals surface area contributed by atoms with Crippen molar-refractivity contribution >= 4 is 47.3 Å². The molecule has 0 saturated carbocycles. The zero-order valence-corrected chi connectivity index (χ0v) is 21.0. The van der Waals surface area contributed by atoms with Crippen LogP contribution in [-0.4, -0.2) is 49.9 Å². The summed E-state index contributed by atoms with van der Waals surface area (Å²) in [6.07, 6.45) is 1.84. The van der Waals surface area contributed by atoms with Gasteiger partial charge in [0.2, 0.25) is 0 Å². The Morgan fingerprint density at radius 1 is 1.09 bits per heavy atom. The molecular formula is C25H29Cl2N3O5. The molecule has 3 aromatic rings. The molecule has 0 bridgehead atoms. The number of hydrogen-bond donors (Lipinski definition) is 2. The fraction of sp³-hybridized carbons (Fsp3) is 0.360. The summed E-state index contributed by atoms with van der Waals surface area (Å²) in [5, 5.41) is 7.22. The van der Waals surface area contributed by atoms with E-state index >= 15 is 0 Å². The molecule has 1 aromatic heterocycles. The first-order chi connectivity index (χ1) is 16.2. The highest BCUT2D eigenvalue weighted by Gasteiger charge is 2.23. The van der Waals surface area contributed by atoms with Crippen LogP contribution in [0.2, 0.25) is 0 Å². The quantitative estimate of drug-likeness (QED) is 0.426. The van der Waals surface area contributed by atoms with Crippen LogP contribution in [0.1, 0.15) is 18.5 Å². The highest BCUT2D eigenvalue weighted by atomic mass is 35.5. The number of nitrogens with zero attached hydrogens (tertiary/aromatic N) is 1. The molecule has 0 fully saturated rings. The van der Waals surface area contributed by atoms with Crippen molar-refractivity contribution in [1.82, 2.24) is 10.3 Å². The van der Waals surface area contributed by atoms with Crippen LogP contribution in [0.15, 0.2) is 42.5 Å². The van der Waals surface area contributed by atoms with Crippen molar-refractivity contribution in [1.29, 1.82) is 0 Å². The van der Waals surface area contributed by atoms with Gasteiger partial charge in [0, 0.05) is 23.7 Å². The van der Waals surface area contributed by atoms with Crippen LogP contribution in [0.5, 0.6) is 23.0 Å². The molecule has 0 aliphatic carbocycles. The largest absolute Gasteiger partial charge is 0.494 e. The molecule has 188 valence electrons. The lowest BCUT2D eigenvalue weighted by molar-refractivity contribution is -0.118. The van der Waals surface area contributed by atoms with Gasteiger partial charge in [0.1, 0.15) is 24.2 Å². The van der Waals surface area contributed by atoms with Crippen molar-refractivity contribution in [2.24, 2.45) is 0 Å². The Balaban J connectivity index is 0.00000171. The number of fused-ring (bicyclic) bond motifs is 4. The minimum Gasteiger partial charge on any atom is -0.494 e. The molecule has 2 aliphatic heterocycles. The number of rotatable bonds is 8. The molecule has 0 spiro atoms. The summed E-state index contributed by atoms with van der Waals surface area (Å²) in [5.41, 5.74) is 2.55. The Kier molecular flexibility index (Phi) is 9.26. The van der Waals surface area contributed by atoms with Crippen LogP contribution in [0.4, 0.5) is 5.69 Å². The molecule has 0 radical (unpaired) electrons. The van der Waals surface area contributed by atoms with Crippen LogP contribution in [0, 0.1) is 6.92 Å². The van der Waals surface area contributed by atoms with Gasteiger partial charge in [-0.25, -0.2) is 0 Å². The van der Waals surface area contributed by atoms with Crippen molar-refractivity contribution in [3.05, 3.63) is 48.2 Å². The third-order valence-corrected chi connectivity index (χ3v) is 5.61. The Morgan fingerprint density at radius 2 is 1.94 bits per heavy atom. The molecule has 0 unspecified atom stereocenters. The molecule has 2 N–H and O–H groups in total. The van der Waals surface area contributed by atoms with E-state index < -0.39 is 0 Å². The van der Waals surface area contributed by atoms with Gasteiger partial charge in [-0.05, 0) is 62.7 Å². The molecule has 2 aromatic carbocycles. The highest BCUT2D eigenvalue weighted by molar-refractivity contribution is 5.95. The zero-order chi connectivity index (χ0) is 22.6. The first-order valence-corrected chi connectivity index (χ1v) is 11.3. The van der Waals surface area contributed by atoms with Crippen molar-refractivity contribution in [3.63, 3.8) is 0 Å². The van der Waals surface area contributed by atoms with E-state index in [0.29, 0.717) is 31.2 Å². The number of benzene rings is 2. The third-order valence-electron chi connectivity index (χ3n) is 5.61. The van der Waals surface area contributed by atoms with E-state index in [9.17, 15) is 4.79 Å². The molecule has 10 heteroatoms. The maximum atomic E-state index is 11.4. The van der Waals surface area contributed by atoms with Gasteiger partial charge in [-0.1, -0.05) is 0 Å². The number of carbonyl (C=O) groups is 1. The van der Waals surface area contributed by atoms with Crippen LogP contribution >= 0.6 is 24.8 Å². The number of amides is 1. The predicted octanol–water partition coefficient (Wildman–Crippen LogP) is 4.31. The molecule has 3 heterocycles. The van der Waals surface area contributed by atoms with Crippen molar-refractivity contribution < 1.29 is 23.7 Å². The van der Waals surface area contributed by atoms with Crippen molar-refractivity contribution in [2.75, 3.05) is 38.2 Å².